The summed E-state index contributed by atoms with van der Waals surface area (Å²) in [5, 5.41) is 0. The van der Waals surface area contributed by atoms with E-state index < -0.39 is 0 Å². The van der Waals surface area contributed by atoms with E-state index in [9.17, 15) is 0 Å². The highest BCUT2D eigenvalue weighted by Gasteiger charge is 2.22. The average molecular weight is 453 g/mol. The first-order valence-electron chi connectivity index (χ1n) is 14.7. The Morgan fingerprint density at radius 2 is 1.24 bits per heavy atom. The van der Waals surface area contributed by atoms with Crippen molar-refractivity contribution in [3.63, 3.8) is 0 Å². The smallest absolute Gasteiger partial charge is 0.119 e. The molecule has 0 N–H and O–H groups in total. The highest BCUT2D eigenvalue weighted by atomic mass is 16.5. The number of unbranched alkanes of at least 4 members (excludes halogenated alkanes) is 7. The number of allylic oxidation sites excluding steroid dienone is 1. The fraction of sp³-hybridized carbons (Fsp3) is 0.750. The summed E-state index contributed by atoms with van der Waals surface area (Å²) in [6.07, 6.45) is 28.7. The third-order valence-corrected chi connectivity index (χ3v) is 8.37. The molecule has 0 aliphatic heterocycles. The van der Waals surface area contributed by atoms with Gasteiger partial charge in [0.1, 0.15) is 5.75 Å². The third kappa shape index (κ3) is 9.87. The number of benzene rings is 1. The quantitative estimate of drug-likeness (QED) is 0.190. The summed E-state index contributed by atoms with van der Waals surface area (Å²) in [6, 6.07) is 9.12. The molecule has 0 heterocycles. The van der Waals surface area contributed by atoms with Gasteiger partial charge in [-0.25, -0.2) is 0 Å². The SMILES string of the molecule is CCCCCCCCC1CCC(c2ccc(OCC3C=CC(CCCCC)CC3)cc2)CC1. The molecule has 1 saturated carbocycles. The Morgan fingerprint density at radius 1 is 0.636 bits per heavy atom. The van der Waals surface area contributed by atoms with Crippen LogP contribution in [0.1, 0.15) is 134 Å². The predicted molar refractivity (Wildman–Crippen MR) is 144 cm³/mol. The Morgan fingerprint density at radius 3 is 1.94 bits per heavy atom. The summed E-state index contributed by atoms with van der Waals surface area (Å²) in [4.78, 5) is 0. The second-order valence-corrected chi connectivity index (χ2v) is 11.1. The molecule has 1 nitrogen and oxygen atoms in total. The van der Waals surface area contributed by atoms with Crippen molar-refractivity contribution in [2.24, 2.45) is 17.8 Å². The van der Waals surface area contributed by atoms with Crippen LogP contribution < -0.4 is 4.74 Å². The largest absolute Gasteiger partial charge is 0.493 e. The van der Waals surface area contributed by atoms with Gasteiger partial charge in [0.15, 0.2) is 0 Å². The molecule has 1 fully saturated rings. The first-order chi connectivity index (χ1) is 16.3. The van der Waals surface area contributed by atoms with Crippen LogP contribution in [0.4, 0.5) is 0 Å². The van der Waals surface area contributed by atoms with Crippen LogP contribution in [-0.2, 0) is 0 Å². The van der Waals surface area contributed by atoms with Gasteiger partial charge in [0.2, 0.25) is 0 Å². The van der Waals surface area contributed by atoms with Crippen LogP contribution in [0.3, 0.4) is 0 Å². The van der Waals surface area contributed by atoms with Gasteiger partial charge in [0, 0.05) is 5.92 Å². The maximum absolute atomic E-state index is 6.17. The van der Waals surface area contributed by atoms with Crippen molar-refractivity contribution in [3.05, 3.63) is 42.0 Å². The molecule has 2 atom stereocenters. The highest BCUT2D eigenvalue weighted by molar-refractivity contribution is 5.29. The number of hydrogen-bond donors (Lipinski definition) is 0. The standard InChI is InChI=1S/C32H52O/c1-3-5-7-8-9-11-13-28-18-20-30(21-19-28)31-22-24-32(25-23-31)33-26-29-16-14-27(15-17-29)12-10-6-4-2/h14,16,22-25,27-30H,3-13,15,17-21,26H2,1-2H3. The van der Waals surface area contributed by atoms with E-state index in [1.807, 2.05) is 0 Å². The van der Waals surface area contributed by atoms with Gasteiger partial charge in [-0.05, 0) is 80.4 Å². The van der Waals surface area contributed by atoms with E-state index in [-0.39, 0.29) is 0 Å². The van der Waals surface area contributed by atoms with Crippen LogP contribution in [0.2, 0.25) is 0 Å². The van der Waals surface area contributed by atoms with Crippen molar-refractivity contribution in [2.45, 2.75) is 129 Å². The molecule has 1 heteroatoms. The molecular formula is C32H52O. The molecule has 2 unspecified atom stereocenters. The molecule has 0 aromatic heterocycles. The van der Waals surface area contributed by atoms with Gasteiger partial charge in [-0.3, -0.25) is 0 Å². The molecule has 3 rings (SSSR count). The third-order valence-electron chi connectivity index (χ3n) is 8.37. The molecular weight excluding hydrogens is 400 g/mol. The topological polar surface area (TPSA) is 9.23 Å². The van der Waals surface area contributed by atoms with Crippen molar-refractivity contribution < 1.29 is 4.74 Å². The fourth-order valence-corrected chi connectivity index (χ4v) is 6.01. The van der Waals surface area contributed by atoms with Gasteiger partial charge in [-0.1, -0.05) is 102 Å². The molecule has 0 saturated heterocycles. The monoisotopic (exact) mass is 452 g/mol. The van der Waals surface area contributed by atoms with Crippen LogP contribution in [0.25, 0.3) is 0 Å². The van der Waals surface area contributed by atoms with E-state index in [4.69, 9.17) is 4.74 Å². The lowest BCUT2D eigenvalue weighted by Gasteiger charge is -2.29. The van der Waals surface area contributed by atoms with E-state index >= 15 is 0 Å². The molecule has 1 aromatic carbocycles. The van der Waals surface area contributed by atoms with E-state index in [0.717, 1.165) is 30.1 Å². The Hall–Kier alpha value is -1.24. The van der Waals surface area contributed by atoms with Crippen LogP contribution in [0, 0.1) is 17.8 Å². The van der Waals surface area contributed by atoms with Crippen molar-refractivity contribution in [2.75, 3.05) is 6.61 Å². The van der Waals surface area contributed by atoms with Gasteiger partial charge in [0.25, 0.3) is 0 Å². The number of hydrogen-bond acceptors (Lipinski definition) is 1. The normalized spacial score (nSPS) is 25.3. The lowest BCUT2D eigenvalue weighted by Crippen LogP contribution is -2.16. The highest BCUT2D eigenvalue weighted by Crippen LogP contribution is 2.38. The minimum absolute atomic E-state index is 0.592. The van der Waals surface area contributed by atoms with Crippen molar-refractivity contribution in [1.29, 1.82) is 0 Å². The summed E-state index contributed by atoms with van der Waals surface area (Å²) in [5.41, 5.74) is 1.54. The average Bonchev–Trinajstić information content (AvgIpc) is 2.86. The summed E-state index contributed by atoms with van der Waals surface area (Å²) < 4.78 is 6.17. The van der Waals surface area contributed by atoms with Crippen LogP contribution in [0.5, 0.6) is 5.75 Å². The molecule has 186 valence electrons. The summed E-state index contributed by atoms with van der Waals surface area (Å²) in [6.45, 7) is 5.43. The van der Waals surface area contributed by atoms with E-state index in [1.165, 1.54) is 115 Å². The zero-order chi connectivity index (χ0) is 23.1. The Bertz CT molecular complexity index is 637. The molecule has 0 amide bonds. The zero-order valence-electron chi connectivity index (χ0n) is 21.9. The molecule has 0 radical (unpaired) electrons. The van der Waals surface area contributed by atoms with Gasteiger partial charge in [-0.15, -0.1) is 0 Å². The van der Waals surface area contributed by atoms with Crippen molar-refractivity contribution in [3.8, 4) is 5.75 Å². The van der Waals surface area contributed by atoms with Gasteiger partial charge in [0.05, 0.1) is 6.61 Å². The molecule has 33 heavy (non-hydrogen) atoms. The van der Waals surface area contributed by atoms with E-state index in [2.05, 4.69) is 50.3 Å². The van der Waals surface area contributed by atoms with Crippen molar-refractivity contribution >= 4 is 0 Å². The minimum atomic E-state index is 0.592. The Balaban J connectivity index is 1.30. The van der Waals surface area contributed by atoms with Crippen LogP contribution in [0.15, 0.2) is 36.4 Å². The summed E-state index contributed by atoms with van der Waals surface area (Å²) in [7, 11) is 0. The predicted octanol–water partition coefficient (Wildman–Crippen LogP) is 10.3. The lowest BCUT2D eigenvalue weighted by atomic mass is 9.77. The lowest BCUT2D eigenvalue weighted by molar-refractivity contribution is 0.253. The van der Waals surface area contributed by atoms with Gasteiger partial charge < -0.3 is 4.74 Å². The second-order valence-electron chi connectivity index (χ2n) is 11.1. The number of ether oxygens (including phenoxy) is 1. The minimum Gasteiger partial charge on any atom is -0.493 e. The van der Waals surface area contributed by atoms with Gasteiger partial charge in [-0.2, -0.15) is 0 Å². The molecule has 2 aliphatic carbocycles. The molecule has 2 aliphatic rings. The van der Waals surface area contributed by atoms with Gasteiger partial charge >= 0.3 is 0 Å². The maximum atomic E-state index is 6.17. The second kappa shape index (κ2) is 15.6. The molecule has 1 aromatic rings. The van der Waals surface area contributed by atoms with Crippen LogP contribution in [-0.4, -0.2) is 6.61 Å². The Labute approximate surface area is 205 Å². The fourth-order valence-electron chi connectivity index (χ4n) is 6.01. The van der Waals surface area contributed by atoms with Crippen LogP contribution >= 0.6 is 0 Å². The first-order valence-corrected chi connectivity index (χ1v) is 14.7. The van der Waals surface area contributed by atoms with Crippen molar-refractivity contribution in [1.82, 2.24) is 0 Å². The van der Waals surface area contributed by atoms with E-state index in [0.29, 0.717) is 5.92 Å². The first kappa shape index (κ1) is 26.4. The zero-order valence-corrected chi connectivity index (χ0v) is 21.9. The molecule has 0 bridgehead atoms. The molecule has 0 spiro atoms. The Kier molecular flexibility index (Phi) is 12.5. The van der Waals surface area contributed by atoms with E-state index in [1.54, 1.807) is 0 Å². The number of rotatable bonds is 15. The summed E-state index contributed by atoms with van der Waals surface area (Å²) in [5.74, 6) is 4.21. The maximum Gasteiger partial charge on any atom is 0.119 e. The summed E-state index contributed by atoms with van der Waals surface area (Å²) >= 11 is 0.